The van der Waals surface area contributed by atoms with E-state index in [1.54, 1.807) is 19.2 Å². The first kappa shape index (κ1) is 16.0. The quantitative estimate of drug-likeness (QED) is 0.617. The molecule has 2 nitrogen and oxygen atoms in total. The summed E-state index contributed by atoms with van der Waals surface area (Å²) in [4.78, 5) is 0. The number of anilines is 1. The first-order valence-corrected chi connectivity index (χ1v) is 8.06. The van der Waals surface area contributed by atoms with Crippen LogP contribution in [0.25, 0.3) is 0 Å². The summed E-state index contributed by atoms with van der Waals surface area (Å²) in [7, 11) is 1.65. The molecule has 0 atom stereocenters. The Morgan fingerprint density at radius 3 is 2.55 bits per heavy atom. The molecule has 106 valence electrons. The molecule has 0 amide bonds. The van der Waals surface area contributed by atoms with Crippen molar-refractivity contribution in [2.24, 2.45) is 0 Å². The number of nitrogens with one attached hydrogen (secondary N) is 1. The molecule has 6 heteroatoms. The maximum Gasteiger partial charge on any atom is 0.138 e. The molecule has 0 radical (unpaired) electrons. The molecule has 0 aliphatic heterocycles. The molecule has 0 fully saturated rings. The van der Waals surface area contributed by atoms with Gasteiger partial charge in [-0.15, -0.1) is 0 Å². The van der Waals surface area contributed by atoms with Gasteiger partial charge in [-0.3, -0.25) is 0 Å². The fourth-order valence-electron chi connectivity index (χ4n) is 1.80. The van der Waals surface area contributed by atoms with Gasteiger partial charge in [-0.2, -0.15) is 0 Å². The number of hydrogen-bond acceptors (Lipinski definition) is 2. The van der Waals surface area contributed by atoms with Gasteiger partial charge in [-0.05, 0) is 46.3 Å². The molecular weight excluding hydrogens is 429 g/mol. The van der Waals surface area contributed by atoms with Crippen LogP contribution in [0.4, 0.5) is 5.69 Å². The number of rotatable bonds is 4. The largest absolute Gasteiger partial charge is 0.495 e. The Labute approximate surface area is 144 Å². The molecule has 0 bridgehead atoms. The van der Waals surface area contributed by atoms with Crippen molar-refractivity contribution in [3.63, 3.8) is 0 Å². The number of methoxy groups -OCH3 is 1. The minimum absolute atomic E-state index is 0.586. The number of ether oxygens (including phenoxy) is 1. The second-order valence-corrected chi connectivity index (χ2v) is 6.67. The first-order chi connectivity index (χ1) is 9.51. The van der Waals surface area contributed by atoms with Crippen molar-refractivity contribution < 1.29 is 4.74 Å². The lowest BCUT2D eigenvalue weighted by Crippen LogP contribution is -2.03. The zero-order valence-corrected chi connectivity index (χ0v) is 15.2. The molecule has 2 aromatic carbocycles. The SMILES string of the molecule is COc1c(Br)cc(Br)cc1CNc1ccc(Cl)cc1Cl. The predicted octanol–water partition coefficient (Wildman–Crippen LogP) is 6.14. The van der Waals surface area contributed by atoms with E-state index in [1.807, 2.05) is 18.2 Å². The van der Waals surface area contributed by atoms with Gasteiger partial charge in [0, 0.05) is 21.6 Å². The van der Waals surface area contributed by atoms with Crippen LogP contribution in [0.1, 0.15) is 5.56 Å². The van der Waals surface area contributed by atoms with Crippen molar-refractivity contribution in [2.45, 2.75) is 6.54 Å². The Morgan fingerprint density at radius 2 is 1.90 bits per heavy atom. The highest BCUT2D eigenvalue weighted by molar-refractivity contribution is 9.11. The lowest BCUT2D eigenvalue weighted by atomic mass is 10.2. The molecule has 0 aliphatic rings. The summed E-state index contributed by atoms with van der Waals surface area (Å²) in [5.74, 6) is 0.797. The highest BCUT2D eigenvalue weighted by Crippen LogP contribution is 2.34. The van der Waals surface area contributed by atoms with Crippen molar-refractivity contribution in [1.82, 2.24) is 0 Å². The lowest BCUT2D eigenvalue weighted by Gasteiger charge is -2.14. The van der Waals surface area contributed by atoms with Gasteiger partial charge >= 0.3 is 0 Å². The van der Waals surface area contributed by atoms with Crippen molar-refractivity contribution in [2.75, 3.05) is 12.4 Å². The van der Waals surface area contributed by atoms with E-state index in [4.69, 9.17) is 27.9 Å². The van der Waals surface area contributed by atoms with Crippen LogP contribution in [0.15, 0.2) is 39.3 Å². The Bertz CT molecular complexity index is 635. The molecule has 0 saturated heterocycles. The molecule has 2 rings (SSSR count). The molecule has 2 aromatic rings. The van der Waals surface area contributed by atoms with E-state index >= 15 is 0 Å². The van der Waals surface area contributed by atoms with Gasteiger partial charge in [0.25, 0.3) is 0 Å². The third-order valence-electron chi connectivity index (χ3n) is 2.69. The van der Waals surface area contributed by atoms with Crippen LogP contribution >= 0.6 is 55.1 Å². The Morgan fingerprint density at radius 1 is 1.15 bits per heavy atom. The van der Waals surface area contributed by atoms with Crippen molar-refractivity contribution in [3.05, 3.63) is 54.9 Å². The van der Waals surface area contributed by atoms with Crippen molar-refractivity contribution in [3.8, 4) is 5.75 Å². The highest BCUT2D eigenvalue weighted by Gasteiger charge is 2.10. The highest BCUT2D eigenvalue weighted by atomic mass is 79.9. The van der Waals surface area contributed by atoms with Crippen molar-refractivity contribution in [1.29, 1.82) is 0 Å². The molecule has 20 heavy (non-hydrogen) atoms. The molecule has 0 heterocycles. The second-order valence-electron chi connectivity index (χ2n) is 4.06. The normalized spacial score (nSPS) is 10.4. The standard InChI is InChI=1S/C14H11Br2Cl2NO/c1-20-14-8(4-9(15)5-11(14)16)7-19-13-3-2-10(17)6-12(13)18/h2-6,19H,7H2,1H3. The van der Waals surface area contributed by atoms with Gasteiger partial charge < -0.3 is 10.1 Å². The Kier molecular flexibility index (Phi) is 5.61. The van der Waals surface area contributed by atoms with Gasteiger partial charge in [-0.1, -0.05) is 39.1 Å². The first-order valence-electron chi connectivity index (χ1n) is 5.72. The summed E-state index contributed by atoms with van der Waals surface area (Å²) < 4.78 is 7.28. The van der Waals surface area contributed by atoms with Crippen molar-refractivity contribution >= 4 is 60.7 Å². The van der Waals surface area contributed by atoms with Crippen LogP contribution in [-0.2, 0) is 6.54 Å². The summed E-state index contributed by atoms with van der Waals surface area (Å²) >= 11 is 19.0. The van der Waals surface area contributed by atoms with E-state index in [-0.39, 0.29) is 0 Å². The fraction of sp³-hybridized carbons (Fsp3) is 0.143. The number of hydrogen-bond donors (Lipinski definition) is 1. The van der Waals surface area contributed by atoms with Crippen LogP contribution in [0.5, 0.6) is 5.75 Å². The minimum atomic E-state index is 0.586. The number of benzene rings is 2. The monoisotopic (exact) mass is 437 g/mol. The smallest absolute Gasteiger partial charge is 0.138 e. The molecular formula is C14H11Br2Cl2NO. The molecule has 1 N–H and O–H groups in total. The maximum atomic E-state index is 6.14. The third kappa shape index (κ3) is 3.82. The van der Waals surface area contributed by atoms with Crippen LogP contribution in [0.2, 0.25) is 10.0 Å². The van der Waals surface area contributed by atoms with E-state index in [0.717, 1.165) is 25.9 Å². The fourth-order valence-corrected chi connectivity index (χ4v) is 3.75. The maximum absolute atomic E-state index is 6.14. The zero-order valence-electron chi connectivity index (χ0n) is 10.5. The molecule has 0 aliphatic carbocycles. The average molecular weight is 440 g/mol. The van der Waals surface area contributed by atoms with Crippen LogP contribution in [0.3, 0.4) is 0 Å². The van der Waals surface area contributed by atoms with E-state index in [0.29, 0.717) is 16.6 Å². The van der Waals surface area contributed by atoms with Crippen LogP contribution in [0, 0.1) is 0 Å². The minimum Gasteiger partial charge on any atom is -0.495 e. The Hall–Kier alpha value is -0.420. The predicted molar refractivity (Wildman–Crippen MR) is 92.2 cm³/mol. The molecule has 0 aromatic heterocycles. The van der Waals surface area contributed by atoms with Gasteiger partial charge in [0.2, 0.25) is 0 Å². The summed E-state index contributed by atoms with van der Waals surface area (Å²) in [5.41, 5.74) is 1.84. The van der Waals surface area contributed by atoms with Crippen LogP contribution < -0.4 is 10.1 Å². The summed E-state index contributed by atoms with van der Waals surface area (Å²) in [6.45, 7) is 0.586. The van der Waals surface area contributed by atoms with Gasteiger partial charge in [-0.25, -0.2) is 0 Å². The van der Waals surface area contributed by atoms with Gasteiger partial charge in [0.1, 0.15) is 5.75 Å². The molecule has 0 saturated carbocycles. The summed E-state index contributed by atoms with van der Waals surface area (Å²) in [5, 5.41) is 4.48. The Balaban J connectivity index is 2.22. The van der Waals surface area contributed by atoms with E-state index < -0.39 is 0 Å². The van der Waals surface area contributed by atoms with Gasteiger partial charge in [0.05, 0.1) is 22.3 Å². The van der Waals surface area contributed by atoms with E-state index in [2.05, 4.69) is 37.2 Å². The molecule has 0 unspecified atom stereocenters. The van der Waals surface area contributed by atoms with E-state index in [9.17, 15) is 0 Å². The topological polar surface area (TPSA) is 21.3 Å². The third-order valence-corrected chi connectivity index (χ3v) is 4.28. The lowest BCUT2D eigenvalue weighted by molar-refractivity contribution is 0.407. The van der Waals surface area contributed by atoms with Gasteiger partial charge in [0.15, 0.2) is 0 Å². The average Bonchev–Trinajstić information content (AvgIpc) is 2.37. The summed E-state index contributed by atoms with van der Waals surface area (Å²) in [6, 6.07) is 9.30. The molecule has 0 spiro atoms. The van der Waals surface area contributed by atoms with E-state index in [1.165, 1.54) is 0 Å². The summed E-state index contributed by atoms with van der Waals surface area (Å²) in [6.07, 6.45) is 0. The van der Waals surface area contributed by atoms with Crippen LogP contribution in [-0.4, -0.2) is 7.11 Å². The zero-order chi connectivity index (χ0) is 14.7. The second kappa shape index (κ2) is 7.03. The number of halogens is 4.